The second kappa shape index (κ2) is 8.85. The smallest absolute Gasteiger partial charge is 0.207 e. The van der Waals surface area contributed by atoms with Crippen molar-refractivity contribution in [1.29, 1.82) is 0 Å². The molecular weight excluding hydrogens is 354 g/mol. The van der Waals surface area contributed by atoms with Crippen molar-refractivity contribution < 1.29 is 17.6 Å². The van der Waals surface area contributed by atoms with Crippen molar-refractivity contribution in [2.75, 3.05) is 0 Å². The number of pyridine rings is 1. The summed E-state index contributed by atoms with van der Waals surface area (Å²) in [6, 6.07) is 6.42. The van der Waals surface area contributed by atoms with Gasteiger partial charge >= 0.3 is 0 Å². The number of halogens is 4. The summed E-state index contributed by atoms with van der Waals surface area (Å²) in [5.74, 6) is -3.79. The maximum atomic E-state index is 14.6. The zero-order chi connectivity index (χ0) is 19.4. The average molecular weight is 379 g/mol. The number of aromatic nitrogens is 1. The van der Waals surface area contributed by atoms with E-state index in [1.54, 1.807) is 6.07 Å². The van der Waals surface area contributed by atoms with Gasteiger partial charge in [-0.2, -0.15) is 13.8 Å². The van der Waals surface area contributed by atoms with Gasteiger partial charge in [-0.1, -0.05) is 31.9 Å². The van der Waals surface area contributed by atoms with E-state index < -0.39 is 17.7 Å². The summed E-state index contributed by atoms with van der Waals surface area (Å²) < 4.78 is 54.9. The molecular formula is C22H25F4N. The van der Waals surface area contributed by atoms with Gasteiger partial charge in [0.2, 0.25) is 5.95 Å². The van der Waals surface area contributed by atoms with Crippen molar-refractivity contribution in [3.05, 3.63) is 64.5 Å². The fourth-order valence-corrected chi connectivity index (χ4v) is 4.10. The zero-order valence-corrected chi connectivity index (χ0v) is 15.6. The standard InChI is InChI=1S/C22H25F4N/c1-2-3-4-5-14-6-11-17(19(23)12-14)15-7-9-16(10-8-15)18-13-20(24)22(26)27-21(18)25/h6,11-13,15-16H,2-5,7-10H2,1H3/t15-,16-. The Morgan fingerprint density at radius 3 is 2.11 bits per heavy atom. The summed E-state index contributed by atoms with van der Waals surface area (Å²) in [5, 5.41) is 0. The van der Waals surface area contributed by atoms with Crippen LogP contribution in [0.2, 0.25) is 0 Å². The highest BCUT2D eigenvalue weighted by Gasteiger charge is 2.28. The molecule has 0 saturated heterocycles. The van der Waals surface area contributed by atoms with Gasteiger partial charge in [0.15, 0.2) is 5.82 Å². The van der Waals surface area contributed by atoms with E-state index in [0.717, 1.165) is 37.3 Å². The van der Waals surface area contributed by atoms with Crippen molar-refractivity contribution >= 4 is 0 Å². The third-order valence-corrected chi connectivity index (χ3v) is 5.65. The van der Waals surface area contributed by atoms with Crippen molar-refractivity contribution in [2.24, 2.45) is 0 Å². The number of hydrogen-bond acceptors (Lipinski definition) is 1. The molecule has 0 atom stereocenters. The van der Waals surface area contributed by atoms with Gasteiger partial charge in [-0.05, 0) is 73.6 Å². The van der Waals surface area contributed by atoms with Gasteiger partial charge in [0, 0.05) is 5.56 Å². The molecule has 1 saturated carbocycles. The van der Waals surface area contributed by atoms with Gasteiger partial charge in [0.1, 0.15) is 5.82 Å². The molecule has 3 rings (SSSR count). The van der Waals surface area contributed by atoms with Gasteiger partial charge in [0.25, 0.3) is 5.95 Å². The van der Waals surface area contributed by atoms with Crippen LogP contribution in [0.3, 0.4) is 0 Å². The minimum Gasteiger partial charge on any atom is -0.207 e. The van der Waals surface area contributed by atoms with Crippen LogP contribution in [-0.2, 0) is 6.42 Å². The molecule has 0 radical (unpaired) electrons. The van der Waals surface area contributed by atoms with Crippen LogP contribution in [0.25, 0.3) is 0 Å². The fourth-order valence-electron chi connectivity index (χ4n) is 4.10. The van der Waals surface area contributed by atoms with E-state index in [-0.39, 0.29) is 23.2 Å². The third kappa shape index (κ3) is 4.69. The maximum absolute atomic E-state index is 14.6. The molecule has 1 heterocycles. The van der Waals surface area contributed by atoms with Gasteiger partial charge in [-0.3, -0.25) is 0 Å². The second-order valence-corrected chi connectivity index (χ2v) is 7.50. The van der Waals surface area contributed by atoms with E-state index in [0.29, 0.717) is 31.2 Å². The van der Waals surface area contributed by atoms with E-state index in [1.807, 2.05) is 12.1 Å². The predicted octanol–water partition coefficient (Wildman–Crippen LogP) is 6.81. The minimum atomic E-state index is -1.41. The molecule has 27 heavy (non-hydrogen) atoms. The summed E-state index contributed by atoms with van der Waals surface area (Å²) in [4.78, 5) is 3.01. The minimum absolute atomic E-state index is 0.0762. The summed E-state index contributed by atoms with van der Waals surface area (Å²) in [7, 11) is 0. The van der Waals surface area contributed by atoms with E-state index in [1.165, 1.54) is 0 Å². The molecule has 0 bridgehead atoms. The Kier molecular flexibility index (Phi) is 6.51. The molecule has 0 N–H and O–H groups in total. The lowest BCUT2D eigenvalue weighted by Gasteiger charge is -2.29. The number of hydrogen-bond donors (Lipinski definition) is 0. The first-order valence-electron chi connectivity index (χ1n) is 9.79. The monoisotopic (exact) mass is 379 g/mol. The number of nitrogens with zero attached hydrogens (tertiary/aromatic N) is 1. The van der Waals surface area contributed by atoms with Crippen molar-refractivity contribution in [1.82, 2.24) is 4.98 Å². The van der Waals surface area contributed by atoms with Gasteiger partial charge in [0.05, 0.1) is 0 Å². The topological polar surface area (TPSA) is 12.9 Å². The molecule has 0 amide bonds. The molecule has 0 aliphatic heterocycles. The van der Waals surface area contributed by atoms with Crippen LogP contribution in [0.4, 0.5) is 17.6 Å². The number of aryl methyl sites for hydroxylation is 1. The van der Waals surface area contributed by atoms with Crippen molar-refractivity contribution in [3.8, 4) is 0 Å². The molecule has 0 unspecified atom stereocenters. The van der Waals surface area contributed by atoms with E-state index in [9.17, 15) is 17.6 Å². The summed E-state index contributed by atoms with van der Waals surface area (Å²) in [6.07, 6.45) is 6.82. The third-order valence-electron chi connectivity index (χ3n) is 5.65. The first-order chi connectivity index (χ1) is 13.0. The van der Waals surface area contributed by atoms with Crippen LogP contribution in [0.5, 0.6) is 0 Å². The fraction of sp³-hybridized carbons (Fsp3) is 0.500. The normalized spacial score (nSPS) is 20.0. The van der Waals surface area contributed by atoms with Crippen LogP contribution in [0.1, 0.15) is 80.4 Å². The van der Waals surface area contributed by atoms with Crippen molar-refractivity contribution in [3.63, 3.8) is 0 Å². The SMILES string of the molecule is CCCCCc1ccc([C@H]2CC[C@H](c3cc(F)c(F)nc3F)CC2)c(F)c1. The molecule has 1 fully saturated rings. The number of unbranched alkanes of at least 4 members (excludes halogenated alkanes) is 2. The molecule has 1 aromatic carbocycles. The van der Waals surface area contributed by atoms with Gasteiger partial charge in [-0.15, -0.1) is 0 Å². The van der Waals surface area contributed by atoms with Crippen molar-refractivity contribution in [2.45, 2.75) is 70.1 Å². The Morgan fingerprint density at radius 2 is 1.48 bits per heavy atom. The Hall–Kier alpha value is -1.91. The highest BCUT2D eigenvalue weighted by atomic mass is 19.2. The lowest BCUT2D eigenvalue weighted by atomic mass is 9.76. The van der Waals surface area contributed by atoms with Crippen LogP contribution in [0.15, 0.2) is 24.3 Å². The van der Waals surface area contributed by atoms with Crippen LogP contribution >= 0.6 is 0 Å². The molecule has 1 aliphatic rings. The van der Waals surface area contributed by atoms with Gasteiger partial charge in [-0.25, -0.2) is 8.78 Å². The molecule has 1 aromatic heterocycles. The zero-order valence-electron chi connectivity index (χ0n) is 15.6. The van der Waals surface area contributed by atoms with E-state index in [4.69, 9.17) is 0 Å². The summed E-state index contributed by atoms with van der Waals surface area (Å²) >= 11 is 0. The average Bonchev–Trinajstić information content (AvgIpc) is 2.65. The quantitative estimate of drug-likeness (QED) is 0.305. The lowest BCUT2D eigenvalue weighted by molar-refractivity contribution is 0.368. The van der Waals surface area contributed by atoms with E-state index in [2.05, 4.69) is 11.9 Å². The van der Waals surface area contributed by atoms with E-state index >= 15 is 0 Å². The molecule has 1 nitrogen and oxygen atoms in total. The summed E-state index contributed by atoms with van der Waals surface area (Å²) in [5.41, 5.74) is 1.85. The molecule has 146 valence electrons. The second-order valence-electron chi connectivity index (χ2n) is 7.50. The Balaban J connectivity index is 1.65. The van der Waals surface area contributed by atoms with Crippen LogP contribution in [-0.4, -0.2) is 4.98 Å². The first-order valence-corrected chi connectivity index (χ1v) is 9.79. The largest absolute Gasteiger partial charge is 0.251 e. The predicted molar refractivity (Wildman–Crippen MR) is 97.7 cm³/mol. The number of rotatable bonds is 6. The van der Waals surface area contributed by atoms with Crippen LogP contribution < -0.4 is 0 Å². The highest BCUT2D eigenvalue weighted by Crippen LogP contribution is 2.41. The summed E-state index contributed by atoms with van der Waals surface area (Å²) in [6.45, 7) is 2.14. The Bertz CT molecular complexity index is 782. The molecule has 1 aliphatic carbocycles. The molecule has 2 aromatic rings. The highest BCUT2D eigenvalue weighted by molar-refractivity contribution is 5.29. The maximum Gasteiger partial charge on any atom is 0.251 e. The van der Waals surface area contributed by atoms with Crippen LogP contribution in [0, 0.1) is 23.5 Å². The molecule has 0 spiro atoms. The lowest BCUT2D eigenvalue weighted by Crippen LogP contribution is -2.15. The first kappa shape index (κ1) is 19.8. The number of benzene rings is 1. The molecule has 5 heteroatoms. The van der Waals surface area contributed by atoms with Gasteiger partial charge < -0.3 is 0 Å². The Morgan fingerprint density at radius 1 is 0.815 bits per heavy atom. The Labute approximate surface area is 157 Å².